The summed E-state index contributed by atoms with van der Waals surface area (Å²) in [6.45, 7) is 0. The molecule has 0 saturated heterocycles. The van der Waals surface area contributed by atoms with E-state index in [1.807, 2.05) is 17.5 Å². The summed E-state index contributed by atoms with van der Waals surface area (Å²) in [6.07, 6.45) is 0.692. The van der Waals surface area contributed by atoms with E-state index in [4.69, 9.17) is 17.4 Å². The lowest BCUT2D eigenvalue weighted by Gasteiger charge is -2.17. The molecule has 0 amide bonds. The smallest absolute Gasteiger partial charge is 0.142 e. The number of benzene rings is 1. The van der Waals surface area contributed by atoms with E-state index >= 15 is 0 Å². The molecule has 2 aromatic rings. The number of rotatable bonds is 4. The molecule has 17 heavy (non-hydrogen) atoms. The second-order valence-corrected chi connectivity index (χ2v) is 5.06. The molecule has 0 bridgehead atoms. The zero-order valence-corrected chi connectivity index (χ0v) is 10.6. The quantitative estimate of drug-likeness (QED) is 0.661. The molecule has 0 aliphatic carbocycles. The Morgan fingerprint density at radius 3 is 2.82 bits per heavy atom. The van der Waals surface area contributed by atoms with Gasteiger partial charge in [0.25, 0.3) is 0 Å². The van der Waals surface area contributed by atoms with Crippen LogP contribution in [0.5, 0.6) is 0 Å². The fourth-order valence-electron chi connectivity index (χ4n) is 1.68. The minimum Gasteiger partial charge on any atom is -0.271 e. The lowest BCUT2D eigenvalue weighted by atomic mass is 10.0. The van der Waals surface area contributed by atoms with Gasteiger partial charge in [0.05, 0.1) is 11.1 Å². The van der Waals surface area contributed by atoms with Crippen molar-refractivity contribution in [1.29, 1.82) is 0 Å². The van der Waals surface area contributed by atoms with Crippen LogP contribution in [0.15, 0.2) is 35.7 Å². The van der Waals surface area contributed by atoms with Crippen molar-refractivity contribution in [1.82, 2.24) is 5.43 Å². The summed E-state index contributed by atoms with van der Waals surface area (Å²) in [7, 11) is 0. The van der Waals surface area contributed by atoms with E-state index in [9.17, 15) is 4.39 Å². The van der Waals surface area contributed by atoms with E-state index in [0.717, 1.165) is 0 Å². The van der Waals surface area contributed by atoms with Gasteiger partial charge in [0.15, 0.2) is 0 Å². The van der Waals surface area contributed by atoms with Crippen molar-refractivity contribution in [2.24, 2.45) is 5.84 Å². The SMILES string of the molecule is NNC(Cc1cccs1)c1cccc(F)c1Cl. The number of nitrogens with two attached hydrogens (primary N) is 1. The van der Waals surface area contributed by atoms with E-state index in [0.29, 0.717) is 12.0 Å². The van der Waals surface area contributed by atoms with Crippen LogP contribution in [0.1, 0.15) is 16.5 Å². The first-order chi connectivity index (χ1) is 8.22. The summed E-state index contributed by atoms with van der Waals surface area (Å²) in [6, 6.07) is 8.56. The van der Waals surface area contributed by atoms with Crippen molar-refractivity contribution >= 4 is 22.9 Å². The Bertz CT molecular complexity index is 487. The average Bonchev–Trinajstić information content (AvgIpc) is 2.83. The zero-order chi connectivity index (χ0) is 12.3. The molecule has 0 saturated carbocycles. The predicted molar refractivity (Wildman–Crippen MR) is 69.5 cm³/mol. The Morgan fingerprint density at radius 2 is 2.18 bits per heavy atom. The molecule has 0 aliphatic rings. The van der Waals surface area contributed by atoms with E-state index in [2.05, 4.69) is 5.43 Å². The molecule has 3 N–H and O–H groups in total. The predicted octanol–water partition coefficient (Wildman–Crippen LogP) is 3.29. The number of nitrogens with one attached hydrogen (secondary N) is 1. The molecule has 0 aliphatic heterocycles. The molecule has 0 fully saturated rings. The van der Waals surface area contributed by atoms with E-state index in [1.165, 1.54) is 10.9 Å². The molecule has 1 aromatic heterocycles. The normalized spacial score (nSPS) is 12.6. The monoisotopic (exact) mass is 270 g/mol. The second-order valence-electron chi connectivity index (χ2n) is 3.65. The average molecular weight is 271 g/mol. The Kier molecular flexibility index (Phi) is 4.12. The maximum Gasteiger partial charge on any atom is 0.142 e. The zero-order valence-electron chi connectivity index (χ0n) is 8.99. The van der Waals surface area contributed by atoms with E-state index in [1.54, 1.807) is 23.5 Å². The summed E-state index contributed by atoms with van der Waals surface area (Å²) in [5.74, 6) is 5.09. The van der Waals surface area contributed by atoms with Crippen LogP contribution >= 0.6 is 22.9 Å². The minimum atomic E-state index is -0.421. The molecule has 1 aromatic carbocycles. The van der Waals surface area contributed by atoms with Crippen LogP contribution in [0, 0.1) is 5.82 Å². The van der Waals surface area contributed by atoms with Gasteiger partial charge in [-0.2, -0.15) is 0 Å². The van der Waals surface area contributed by atoms with Crippen molar-refractivity contribution in [2.75, 3.05) is 0 Å². The van der Waals surface area contributed by atoms with Crippen molar-refractivity contribution in [3.63, 3.8) is 0 Å². The van der Waals surface area contributed by atoms with Crippen LogP contribution < -0.4 is 11.3 Å². The first-order valence-corrected chi connectivity index (χ1v) is 6.40. The molecular formula is C12H12ClFN2S. The molecule has 2 nitrogen and oxygen atoms in total. The lowest BCUT2D eigenvalue weighted by molar-refractivity contribution is 0.548. The van der Waals surface area contributed by atoms with Crippen molar-refractivity contribution in [3.05, 3.63) is 57.0 Å². The van der Waals surface area contributed by atoms with Crippen molar-refractivity contribution in [3.8, 4) is 0 Å². The van der Waals surface area contributed by atoms with Crippen LogP contribution in [0.2, 0.25) is 5.02 Å². The standard InChI is InChI=1S/C12H12ClFN2S/c13-12-9(4-1-5-10(12)14)11(16-15)7-8-3-2-6-17-8/h1-6,11,16H,7,15H2. The molecular weight excluding hydrogens is 259 g/mol. The van der Waals surface area contributed by atoms with Crippen LogP contribution in [0.4, 0.5) is 4.39 Å². The highest BCUT2D eigenvalue weighted by Gasteiger charge is 2.16. The van der Waals surface area contributed by atoms with Gasteiger partial charge < -0.3 is 0 Å². The largest absolute Gasteiger partial charge is 0.271 e. The number of hydrogen-bond donors (Lipinski definition) is 2. The Balaban J connectivity index is 2.26. The molecule has 1 atom stereocenters. The summed E-state index contributed by atoms with van der Waals surface area (Å²) >= 11 is 7.58. The molecule has 5 heteroatoms. The molecule has 0 radical (unpaired) electrons. The fraction of sp³-hybridized carbons (Fsp3) is 0.167. The van der Waals surface area contributed by atoms with Crippen LogP contribution in [-0.2, 0) is 6.42 Å². The summed E-state index contributed by atoms with van der Waals surface area (Å²) < 4.78 is 13.4. The van der Waals surface area contributed by atoms with Gasteiger partial charge in [-0.05, 0) is 23.1 Å². The molecule has 1 unspecified atom stereocenters. The highest BCUT2D eigenvalue weighted by atomic mass is 35.5. The van der Waals surface area contributed by atoms with Gasteiger partial charge in [0.2, 0.25) is 0 Å². The number of halogens is 2. The Hall–Kier alpha value is -0.940. The number of thiophene rings is 1. The van der Waals surface area contributed by atoms with E-state index in [-0.39, 0.29) is 11.1 Å². The van der Waals surface area contributed by atoms with Gasteiger partial charge in [-0.3, -0.25) is 11.3 Å². The first kappa shape index (κ1) is 12.5. The Morgan fingerprint density at radius 1 is 1.35 bits per heavy atom. The summed E-state index contributed by atoms with van der Waals surface area (Å²) in [5.41, 5.74) is 3.36. The van der Waals surface area contributed by atoms with Gasteiger partial charge in [-0.1, -0.05) is 29.8 Å². The van der Waals surface area contributed by atoms with Gasteiger partial charge in [-0.15, -0.1) is 11.3 Å². The molecule has 0 spiro atoms. The van der Waals surface area contributed by atoms with E-state index < -0.39 is 5.82 Å². The van der Waals surface area contributed by atoms with Gasteiger partial charge in [-0.25, -0.2) is 4.39 Å². The van der Waals surface area contributed by atoms with Crippen LogP contribution in [-0.4, -0.2) is 0 Å². The third-order valence-corrected chi connectivity index (χ3v) is 3.84. The highest BCUT2D eigenvalue weighted by Crippen LogP contribution is 2.28. The first-order valence-electron chi connectivity index (χ1n) is 5.14. The summed E-state index contributed by atoms with van der Waals surface area (Å²) in [4.78, 5) is 1.17. The maximum absolute atomic E-state index is 13.4. The topological polar surface area (TPSA) is 38.0 Å². The van der Waals surface area contributed by atoms with Crippen molar-refractivity contribution < 1.29 is 4.39 Å². The highest BCUT2D eigenvalue weighted by molar-refractivity contribution is 7.09. The fourth-order valence-corrected chi connectivity index (χ4v) is 2.69. The third-order valence-electron chi connectivity index (χ3n) is 2.54. The van der Waals surface area contributed by atoms with Crippen molar-refractivity contribution in [2.45, 2.75) is 12.5 Å². The summed E-state index contributed by atoms with van der Waals surface area (Å²) in [5, 5.41) is 2.13. The number of hydrazine groups is 1. The Labute approximate surface area is 108 Å². The number of hydrogen-bond acceptors (Lipinski definition) is 3. The lowest BCUT2D eigenvalue weighted by Crippen LogP contribution is -2.29. The second kappa shape index (κ2) is 5.60. The molecule has 2 rings (SSSR count). The minimum absolute atomic E-state index is 0.131. The molecule has 1 heterocycles. The third kappa shape index (κ3) is 2.84. The maximum atomic E-state index is 13.4. The molecule has 90 valence electrons. The van der Waals surface area contributed by atoms with Gasteiger partial charge in [0, 0.05) is 11.3 Å². The van der Waals surface area contributed by atoms with Gasteiger partial charge in [0.1, 0.15) is 5.82 Å². The van der Waals surface area contributed by atoms with Gasteiger partial charge >= 0.3 is 0 Å². The van der Waals surface area contributed by atoms with Crippen LogP contribution in [0.3, 0.4) is 0 Å². The van der Waals surface area contributed by atoms with Crippen LogP contribution in [0.25, 0.3) is 0 Å².